The number of urea groups is 1. The van der Waals surface area contributed by atoms with Gasteiger partial charge in [-0.15, -0.1) is 11.3 Å². The highest BCUT2D eigenvalue weighted by atomic mass is 79.9. The lowest BCUT2D eigenvalue weighted by Crippen LogP contribution is -2.30. The first-order chi connectivity index (χ1) is 8.13. The summed E-state index contributed by atoms with van der Waals surface area (Å²) in [6, 6.07) is 4.25. The zero-order chi connectivity index (χ0) is 12.4. The molecular formula is C11H15BrN2O2S. The van der Waals surface area contributed by atoms with Crippen molar-refractivity contribution in [1.29, 1.82) is 0 Å². The molecule has 2 heterocycles. The number of carbonyl (C=O) groups excluding carboxylic acids is 1. The number of aliphatic hydroxyl groups excluding tert-OH is 1. The average Bonchev–Trinajstić information content (AvgIpc) is 2.84. The molecule has 4 nitrogen and oxygen atoms in total. The van der Waals surface area contributed by atoms with Crippen molar-refractivity contribution in [2.45, 2.75) is 12.5 Å². The minimum absolute atomic E-state index is 0.0490. The summed E-state index contributed by atoms with van der Waals surface area (Å²) < 4.78 is 1.09. The summed E-state index contributed by atoms with van der Waals surface area (Å²) in [6.45, 7) is 1.47. The van der Waals surface area contributed by atoms with E-state index in [4.69, 9.17) is 5.11 Å². The van der Waals surface area contributed by atoms with Gasteiger partial charge in [0.1, 0.15) is 0 Å². The van der Waals surface area contributed by atoms with Crippen LogP contribution in [0, 0.1) is 0 Å². The summed E-state index contributed by atoms with van der Waals surface area (Å²) in [4.78, 5) is 16.7. The highest BCUT2D eigenvalue weighted by Gasteiger charge is 2.35. The van der Waals surface area contributed by atoms with Gasteiger partial charge in [-0.1, -0.05) is 0 Å². The number of thiophene rings is 1. The number of aliphatic hydroxyl groups is 1. The summed E-state index contributed by atoms with van der Waals surface area (Å²) in [5.74, 6) is 0. The highest BCUT2D eigenvalue weighted by molar-refractivity contribution is 9.11. The van der Waals surface area contributed by atoms with Gasteiger partial charge in [0.2, 0.25) is 0 Å². The van der Waals surface area contributed by atoms with Gasteiger partial charge in [-0.25, -0.2) is 4.79 Å². The van der Waals surface area contributed by atoms with Crippen molar-refractivity contribution in [2.75, 3.05) is 26.7 Å². The van der Waals surface area contributed by atoms with Crippen LogP contribution in [0.2, 0.25) is 0 Å². The van der Waals surface area contributed by atoms with Crippen LogP contribution in [0.25, 0.3) is 0 Å². The lowest BCUT2D eigenvalue weighted by Gasteiger charge is -2.16. The number of amides is 2. The van der Waals surface area contributed by atoms with Crippen LogP contribution in [0.5, 0.6) is 0 Å². The zero-order valence-electron chi connectivity index (χ0n) is 9.60. The first-order valence-corrected chi connectivity index (χ1v) is 7.12. The summed E-state index contributed by atoms with van der Waals surface area (Å²) in [5.41, 5.74) is 0. The average molecular weight is 319 g/mol. The van der Waals surface area contributed by atoms with E-state index in [9.17, 15) is 4.79 Å². The summed E-state index contributed by atoms with van der Waals surface area (Å²) in [5, 5.41) is 8.81. The molecule has 0 aromatic carbocycles. The highest BCUT2D eigenvalue weighted by Crippen LogP contribution is 2.34. The van der Waals surface area contributed by atoms with Crippen molar-refractivity contribution < 1.29 is 9.90 Å². The maximum atomic E-state index is 12.0. The summed E-state index contributed by atoms with van der Waals surface area (Å²) in [6.07, 6.45) is 0.639. The van der Waals surface area contributed by atoms with Crippen LogP contribution in [0.1, 0.15) is 17.3 Å². The zero-order valence-corrected chi connectivity index (χ0v) is 12.0. The van der Waals surface area contributed by atoms with Crippen LogP contribution in [0.3, 0.4) is 0 Å². The Morgan fingerprint density at radius 1 is 1.59 bits per heavy atom. The van der Waals surface area contributed by atoms with Crippen LogP contribution >= 0.6 is 27.3 Å². The van der Waals surface area contributed by atoms with Gasteiger partial charge in [-0.3, -0.25) is 0 Å². The maximum Gasteiger partial charge on any atom is 0.320 e. The van der Waals surface area contributed by atoms with E-state index in [0.29, 0.717) is 19.5 Å². The molecule has 0 spiro atoms. The lowest BCUT2D eigenvalue weighted by molar-refractivity contribution is 0.191. The Bertz CT molecular complexity index is 410. The summed E-state index contributed by atoms with van der Waals surface area (Å²) >= 11 is 5.10. The second-order valence-electron chi connectivity index (χ2n) is 4.07. The van der Waals surface area contributed by atoms with Gasteiger partial charge in [0.15, 0.2) is 0 Å². The predicted molar refractivity (Wildman–Crippen MR) is 71.2 cm³/mol. The molecule has 0 radical (unpaired) electrons. The predicted octanol–water partition coefficient (Wildman–Crippen LogP) is 2.30. The van der Waals surface area contributed by atoms with E-state index in [1.807, 2.05) is 13.1 Å². The number of halogens is 1. The Morgan fingerprint density at radius 3 is 2.94 bits per heavy atom. The SMILES string of the molecule is CN1C(=O)N(CCCO)CC1c1ccc(Br)s1. The topological polar surface area (TPSA) is 43.8 Å². The van der Waals surface area contributed by atoms with Crippen LogP contribution in [0.4, 0.5) is 4.79 Å². The third kappa shape index (κ3) is 2.64. The van der Waals surface area contributed by atoms with Crippen LogP contribution < -0.4 is 0 Å². The van der Waals surface area contributed by atoms with Crippen molar-refractivity contribution in [3.05, 3.63) is 20.8 Å². The van der Waals surface area contributed by atoms with Crippen LogP contribution in [-0.2, 0) is 0 Å². The molecule has 1 atom stereocenters. The van der Waals surface area contributed by atoms with E-state index in [0.717, 1.165) is 3.79 Å². The fourth-order valence-corrected chi connectivity index (χ4v) is 3.56. The van der Waals surface area contributed by atoms with E-state index in [2.05, 4.69) is 22.0 Å². The number of nitrogens with zero attached hydrogens (tertiary/aromatic N) is 2. The standard InChI is InChI=1S/C11H15BrN2O2S/c1-13-8(9-3-4-10(12)17-9)7-14(11(13)16)5-2-6-15/h3-4,8,15H,2,5-7H2,1H3. The molecule has 1 N–H and O–H groups in total. The molecule has 1 aromatic rings. The third-order valence-electron chi connectivity index (χ3n) is 2.94. The number of hydrogen-bond acceptors (Lipinski definition) is 3. The minimum atomic E-state index is 0.0490. The van der Waals surface area contributed by atoms with Gasteiger partial charge in [-0.05, 0) is 34.5 Å². The molecule has 1 unspecified atom stereocenters. The van der Waals surface area contributed by atoms with Gasteiger partial charge in [0.05, 0.1) is 9.83 Å². The van der Waals surface area contributed by atoms with Gasteiger partial charge >= 0.3 is 6.03 Å². The molecule has 1 aliphatic rings. The quantitative estimate of drug-likeness (QED) is 0.925. The van der Waals surface area contributed by atoms with Crippen molar-refractivity contribution in [3.63, 3.8) is 0 Å². The van der Waals surface area contributed by atoms with Gasteiger partial charge < -0.3 is 14.9 Å². The van der Waals surface area contributed by atoms with Gasteiger partial charge in [-0.2, -0.15) is 0 Å². The van der Waals surface area contributed by atoms with E-state index in [1.54, 1.807) is 21.1 Å². The van der Waals surface area contributed by atoms with Crippen molar-refractivity contribution in [2.24, 2.45) is 0 Å². The maximum absolute atomic E-state index is 12.0. The normalized spacial score (nSPS) is 20.4. The second kappa shape index (κ2) is 5.37. The fraction of sp³-hybridized carbons (Fsp3) is 0.545. The minimum Gasteiger partial charge on any atom is -0.396 e. The molecule has 0 aliphatic carbocycles. The summed E-state index contributed by atoms with van der Waals surface area (Å²) in [7, 11) is 1.83. The number of hydrogen-bond donors (Lipinski definition) is 1. The first kappa shape index (κ1) is 12.9. The Kier molecular flexibility index (Phi) is 4.06. The molecule has 17 heavy (non-hydrogen) atoms. The molecule has 1 fully saturated rings. The lowest BCUT2D eigenvalue weighted by atomic mass is 10.2. The molecule has 2 rings (SSSR count). The largest absolute Gasteiger partial charge is 0.396 e. The molecule has 1 aromatic heterocycles. The fourth-order valence-electron chi connectivity index (χ4n) is 2.00. The monoisotopic (exact) mass is 318 g/mol. The Balaban J connectivity index is 2.08. The number of rotatable bonds is 4. The van der Waals surface area contributed by atoms with Crippen molar-refractivity contribution >= 4 is 33.3 Å². The van der Waals surface area contributed by atoms with Crippen LogP contribution in [0.15, 0.2) is 15.9 Å². The molecule has 1 aliphatic heterocycles. The number of likely N-dealkylation sites (N-methyl/N-ethyl adjacent to an activating group) is 1. The smallest absolute Gasteiger partial charge is 0.320 e. The molecule has 1 saturated heterocycles. The molecule has 6 heteroatoms. The molecule has 0 bridgehead atoms. The van der Waals surface area contributed by atoms with E-state index >= 15 is 0 Å². The molecule has 2 amide bonds. The Morgan fingerprint density at radius 2 is 2.35 bits per heavy atom. The molecular weight excluding hydrogens is 304 g/mol. The Labute approximate surface area is 113 Å². The Hall–Kier alpha value is -0.590. The van der Waals surface area contributed by atoms with E-state index in [1.165, 1.54) is 4.88 Å². The first-order valence-electron chi connectivity index (χ1n) is 5.51. The van der Waals surface area contributed by atoms with Crippen molar-refractivity contribution in [3.8, 4) is 0 Å². The van der Waals surface area contributed by atoms with E-state index in [-0.39, 0.29) is 18.7 Å². The second-order valence-corrected chi connectivity index (χ2v) is 6.57. The van der Waals surface area contributed by atoms with Gasteiger partial charge in [0, 0.05) is 31.6 Å². The molecule has 94 valence electrons. The van der Waals surface area contributed by atoms with Crippen molar-refractivity contribution in [1.82, 2.24) is 9.80 Å². The van der Waals surface area contributed by atoms with Gasteiger partial charge in [0.25, 0.3) is 0 Å². The van der Waals surface area contributed by atoms with Crippen LogP contribution in [-0.4, -0.2) is 47.7 Å². The molecule has 0 saturated carbocycles. The number of carbonyl (C=O) groups is 1. The van der Waals surface area contributed by atoms with E-state index < -0.39 is 0 Å². The third-order valence-corrected chi connectivity index (χ3v) is 4.67.